The van der Waals surface area contributed by atoms with Gasteiger partial charge in [0.15, 0.2) is 11.5 Å². The molecular formula is C23H28ClN7O2. The first-order chi connectivity index (χ1) is 15.6. The minimum atomic E-state index is 0. The maximum atomic E-state index is 8.83. The summed E-state index contributed by atoms with van der Waals surface area (Å²) < 4.78 is 11.7. The van der Waals surface area contributed by atoms with Gasteiger partial charge in [0, 0.05) is 29.8 Å². The molecule has 174 valence electrons. The van der Waals surface area contributed by atoms with Crippen molar-refractivity contribution in [1.29, 1.82) is 5.26 Å². The molecule has 2 N–H and O–H groups in total. The van der Waals surface area contributed by atoms with Crippen molar-refractivity contribution in [2.24, 2.45) is 0 Å². The molecule has 1 fully saturated rings. The SMILES string of the molecule is COc1cc(OC[C@@H]2CCCN2C(C)C)ccc1-c1cc(Nc2cnc(C#N)cn2)n[nH]1.Cl. The van der Waals surface area contributed by atoms with Gasteiger partial charge in [0.05, 0.1) is 25.2 Å². The van der Waals surface area contributed by atoms with Gasteiger partial charge >= 0.3 is 0 Å². The maximum absolute atomic E-state index is 8.83. The van der Waals surface area contributed by atoms with Crippen LogP contribution in [-0.4, -0.2) is 57.4 Å². The van der Waals surface area contributed by atoms with Gasteiger partial charge in [-0.1, -0.05) is 0 Å². The quantitative estimate of drug-likeness (QED) is 0.505. The van der Waals surface area contributed by atoms with Crippen molar-refractivity contribution in [3.63, 3.8) is 0 Å². The number of likely N-dealkylation sites (tertiary alicyclic amines) is 1. The number of aromatic amines is 1. The van der Waals surface area contributed by atoms with E-state index < -0.39 is 0 Å². The summed E-state index contributed by atoms with van der Waals surface area (Å²) in [5, 5.41) is 19.2. The van der Waals surface area contributed by atoms with E-state index in [0.29, 0.717) is 36.1 Å². The van der Waals surface area contributed by atoms with Crippen LogP contribution in [0.2, 0.25) is 0 Å². The van der Waals surface area contributed by atoms with Gasteiger partial charge in [-0.3, -0.25) is 10.00 Å². The summed E-state index contributed by atoms with van der Waals surface area (Å²) in [6.45, 7) is 6.28. The molecule has 10 heteroatoms. The van der Waals surface area contributed by atoms with E-state index in [2.05, 4.69) is 44.2 Å². The predicted molar refractivity (Wildman–Crippen MR) is 128 cm³/mol. The van der Waals surface area contributed by atoms with E-state index in [4.69, 9.17) is 14.7 Å². The predicted octanol–water partition coefficient (Wildman–Crippen LogP) is 4.16. The van der Waals surface area contributed by atoms with Crippen LogP contribution in [0.1, 0.15) is 32.4 Å². The highest BCUT2D eigenvalue weighted by molar-refractivity contribution is 5.85. The van der Waals surface area contributed by atoms with Crippen LogP contribution < -0.4 is 14.8 Å². The zero-order valence-electron chi connectivity index (χ0n) is 18.9. The molecule has 0 unspecified atom stereocenters. The van der Waals surface area contributed by atoms with Crippen LogP contribution in [-0.2, 0) is 0 Å². The van der Waals surface area contributed by atoms with E-state index in [0.717, 1.165) is 23.6 Å². The summed E-state index contributed by atoms with van der Waals surface area (Å²) in [6.07, 6.45) is 5.29. The number of hydrogen-bond acceptors (Lipinski definition) is 8. The first kappa shape index (κ1) is 24.3. The molecule has 0 spiro atoms. The normalized spacial score (nSPS) is 15.7. The van der Waals surface area contributed by atoms with Gasteiger partial charge in [-0.2, -0.15) is 10.4 Å². The molecule has 1 aliphatic rings. The number of aromatic nitrogens is 4. The minimum absolute atomic E-state index is 0. The van der Waals surface area contributed by atoms with Crippen LogP contribution in [0.15, 0.2) is 36.7 Å². The fourth-order valence-electron chi connectivity index (χ4n) is 4.00. The Morgan fingerprint density at radius 2 is 2.09 bits per heavy atom. The molecule has 4 rings (SSSR count). The Balaban J connectivity index is 0.00000306. The number of nitrogens with one attached hydrogen (secondary N) is 2. The molecule has 2 aromatic heterocycles. The van der Waals surface area contributed by atoms with Crippen molar-refractivity contribution in [2.75, 3.05) is 25.6 Å². The summed E-state index contributed by atoms with van der Waals surface area (Å²) in [6, 6.07) is 10.6. The zero-order chi connectivity index (χ0) is 22.5. The first-order valence-corrected chi connectivity index (χ1v) is 10.7. The van der Waals surface area contributed by atoms with Crippen LogP contribution in [0, 0.1) is 11.3 Å². The van der Waals surface area contributed by atoms with Gasteiger partial charge in [-0.25, -0.2) is 9.97 Å². The smallest absolute Gasteiger partial charge is 0.158 e. The Labute approximate surface area is 199 Å². The number of halogens is 1. The van der Waals surface area contributed by atoms with Crippen LogP contribution in [0.3, 0.4) is 0 Å². The largest absolute Gasteiger partial charge is 0.496 e. The molecule has 1 atom stereocenters. The van der Waals surface area contributed by atoms with E-state index >= 15 is 0 Å². The monoisotopic (exact) mass is 469 g/mol. The number of H-pyrrole nitrogens is 1. The highest BCUT2D eigenvalue weighted by atomic mass is 35.5. The molecule has 0 saturated carbocycles. The molecule has 1 aliphatic heterocycles. The second kappa shape index (κ2) is 11.0. The third-order valence-corrected chi connectivity index (χ3v) is 5.59. The van der Waals surface area contributed by atoms with Crippen molar-refractivity contribution >= 4 is 24.0 Å². The lowest BCUT2D eigenvalue weighted by Gasteiger charge is -2.28. The van der Waals surface area contributed by atoms with Gasteiger partial charge < -0.3 is 14.8 Å². The van der Waals surface area contributed by atoms with Crippen LogP contribution >= 0.6 is 12.4 Å². The number of ether oxygens (including phenoxy) is 2. The average Bonchev–Trinajstić information content (AvgIpc) is 3.47. The lowest BCUT2D eigenvalue weighted by molar-refractivity contribution is 0.144. The second-order valence-electron chi connectivity index (χ2n) is 7.99. The Hall–Kier alpha value is -3.35. The van der Waals surface area contributed by atoms with Crippen molar-refractivity contribution < 1.29 is 9.47 Å². The molecule has 33 heavy (non-hydrogen) atoms. The first-order valence-electron chi connectivity index (χ1n) is 10.7. The third-order valence-electron chi connectivity index (χ3n) is 5.59. The number of anilines is 2. The molecule has 3 aromatic rings. The summed E-state index contributed by atoms with van der Waals surface area (Å²) in [4.78, 5) is 10.6. The highest BCUT2D eigenvalue weighted by Crippen LogP contribution is 2.34. The van der Waals surface area contributed by atoms with E-state index in [-0.39, 0.29) is 18.1 Å². The zero-order valence-corrected chi connectivity index (χ0v) is 19.7. The molecule has 0 aliphatic carbocycles. The van der Waals surface area contributed by atoms with E-state index in [1.165, 1.54) is 25.2 Å². The molecule has 1 aromatic carbocycles. The number of hydrogen-bond donors (Lipinski definition) is 2. The molecular weight excluding hydrogens is 442 g/mol. The standard InChI is InChI=1S/C23H27N7O2.ClH/c1-15(2)30-8-4-5-17(30)14-32-18-6-7-19(21(9-18)31-3)20-10-22(29-28-20)27-23-13-25-16(11-24)12-26-23;/h6-7,9-10,12-13,15,17H,4-5,8,14H2,1-3H3,(H2,26,27,28,29);1H/t17-;/m0./s1. The van der Waals surface area contributed by atoms with Crippen molar-refractivity contribution in [1.82, 2.24) is 25.1 Å². The minimum Gasteiger partial charge on any atom is -0.496 e. The number of methoxy groups -OCH3 is 1. The lowest BCUT2D eigenvalue weighted by atomic mass is 10.1. The molecule has 0 amide bonds. The van der Waals surface area contributed by atoms with Gasteiger partial charge in [-0.15, -0.1) is 12.4 Å². The number of nitriles is 1. The summed E-state index contributed by atoms with van der Waals surface area (Å²) in [7, 11) is 1.64. The fourth-order valence-corrected chi connectivity index (χ4v) is 4.00. The number of rotatable bonds is 8. The Kier molecular flexibility index (Phi) is 8.09. The van der Waals surface area contributed by atoms with Gasteiger partial charge in [0.25, 0.3) is 0 Å². The molecule has 0 radical (unpaired) electrons. The Morgan fingerprint density at radius 1 is 1.24 bits per heavy atom. The number of nitrogens with zero attached hydrogens (tertiary/aromatic N) is 5. The van der Waals surface area contributed by atoms with Gasteiger partial charge in [0.1, 0.15) is 30.0 Å². The fraction of sp³-hybridized carbons (Fsp3) is 0.391. The van der Waals surface area contributed by atoms with E-state index in [1.807, 2.05) is 30.3 Å². The topological polar surface area (TPSA) is 112 Å². The van der Waals surface area contributed by atoms with E-state index in [1.54, 1.807) is 7.11 Å². The highest BCUT2D eigenvalue weighted by Gasteiger charge is 2.27. The van der Waals surface area contributed by atoms with Gasteiger partial charge in [0.2, 0.25) is 0 Å². The third kappa shape index (κ3) is 5.72. The van der Waals surface area contributed by atoms with Crippen LogP contribution in [0.4, 0.5) is 11.6 Å². The second-order valence-corrected chi connectivity index (χ2v) is 7.99. The van der Waals surface area contributed by atoms with Crippen LogP contribution in [0.5, 0.6) is 11.5 Å². The van der Waals surface area contributed by atoms with Crippen molar-refractivity contribution in [3.8, 4) is 28.8 Å². The summed E-state index contributed by atoms with van der Waals surface area (Å²) in [5.74, 6) is 2.56. The van der Waals surface area contributed by atoms with Gasteiger partial charge in [-0.05, 0) is 45.4 Å². The Bertz CT molecular complexity index is 1090. The molecule has 0 bridgehead atoms. The van der Waals surface area contributed by atoms with Crippen LogP contribution in [0.25, 0.3) is 11.3 Å². The number of benzene rings is 1. The van der Waals surface area contributed by atoms with E-state index in [9.17, 15) is 0 Å². The van der Waals surface area contributed by atoms with Crippen molar-refractivity contribution in [3.05, 3.63) is 42.4 Å². The lowest BCUT2D eigenvalue weighted by Crippen LogP contribution is -2.39. The maximum Gasteiger partial charge on any atom is 0.158 e. The molecule has 3 heterocycles. The summed E-state index contributed by atoms with van der Waals surface area (Å²) in [5.41, 5.74) is 1.92. The van der Waals surface area contributed by atoms with Crippen molar-refractivity contribution in [2.45, 2.75) is 38.8 Å². The average molecular weight is 470 g/mol. The Morgan fingerprint density at radius 3 is 2.79 bits per heavy atom. The molecule has 9 nitrogen and oxygen atoms in total. The molecule has 1 saturated heterocycles. The summed E-state index contributed by atoms with van der Waals surface area (Å²) >= 11 is 0.